The average molecular weight is 419 g/mol. The highest BCUT2D eigenvalue weighted by molar-refractivity contribution is 6.33. The normalized spacial score (nSPS) is 15.8. The van der Waals surface area contributed by atoms with Gasteiger partial charge in [0.25, 0.3) is 0 Å². The van der Waals surface area contributed by atoms with Gasteiger partial charge in [0.2, 0.25) is 0 Å². The summed E-state index contributed by atoms with van der Waals surface area (Å²) in [7, 11) is 1.37. The molecule has 0 saturated carbocycles. The fraction of sp³-hybridized carbons (Fsp3) is 0.409. The molecule has 0 aliphatic carbocycles. The third kappa shape index (κ3) is 6.35. The van der Waals surface area contributed by atoms with E-state index in [2.05, 4.69) is 14.5 Å². The highest BCUT2D eigenvalue weighted by Gasteiger charge is 2.20. The van der Waals surface area contributed by atoms with Crippen molar-refractivity contribution in [2.75, 3.05) is 51.3 Å². The van der Waals surface area contributed by atoms with E-state index in [-0.39, 0.29) is 19.0 Å². The number of β-amino-alcohol motifs (C(OH)–C–C–N with tert-alkyl or cyclic N) is 1. The van der Waals surface area contributed by atoms with Gasteiger partial charge >= 0.3 is 5.97 Å². The molecule has 1 aliphatic rings. The molecule has 7 heteroatoms. The summed E-state index contributed by atoms with van der Waals surface area (Å²) in [5.74, 6) is 0.393. The van der Waals surface area contributed by atoms with Crippen molar-refractivity contribution in [3.63, 3.8) is 0 Å². The van der Waals surface area contributed by atoms with Crippen LogP contribution in [0.5, 0.6) is 5.75 Å². The second-order valence-corrected chi connectivity index (χ2v) is 7.51. The quantitative estimate of drug-likeness (QED) is 0.665. The first-order valence-electron chi connectivity index (χ1n) is 9.73. The first-order valence-corrected chi connectivity index (χ1v) is 10.1. The standard InChI is InChI=1S/C22H27ClN2O4/c1-28-22(27)14-17-6-8-19(9-7-17)29-16-18(26)15-24-10-12-25(13-11-24)21-5-3-2-4-20(21)23/h2-9,18,26H,10-16H2,1H3. The van der Waals surface area contributed by atoms with Gasteiger partial charge in [-0.1, -0.05) is 35.9 Å². The first-order chi connectivity index (χ1) is 14.0. The van der Waals surface area contributed by atoms with Crippen LogP contribution < -0.4 is 9.64 Å². The molecule has 29 heavy (non-hydrogen) atoms. The zero-order chi connectivity index (χ0) is 20.6. The number of ether oxygens (including phenoxy) is 2. The number of carbonyl (C=O) groups excluding carboxylic acids is 1. The molecule has 1 saturated heterocycles. The molecular weight excluding hydrogens is 392 g/mol. The molecular formula is C22H27ClN2O4. The average Bonchev–Trinajstić information content (AvgIpc) is 2.74. The number of halogens is 1. The van der Waals surface area contributed by atoms with Gasteiger partial charge < -0.3 is 19.5 Å². The Morgan fingerprint density at radius 3 is 2.45 bits per heavy atom. The van der Waals surface area contributed by atoms with Crippen molar-refractivity contribution < 1.29 is 19.4 Å². The number of hydrogen-bond donors (Lipinski definition) is 1. The number of piperazine rings is 1. The fourth-order valence-electron chi connectivity index (χ4n) is 3.37. The van der Waals surface area contributed by atoms with Gasteiger partial charge in [0, 0.05) is 32.7 Å². The number of carbonyl (C=O) groups is 1. The predicted molar refractivity (Wildman–Crippen MR) is 114 cm³/mol. The van der Waals surface area contributed by atoms with Gasteiger partial charge in [-0.15, -0.1) is 0 Å². The van der Waals surface area contributed by atoms with Gasteiger partial charge in [0.15, 0.2) is 0 Å². The molecule has 0 amide bonds. The van der Waals surface area contributed by atoms with Crippen molar-refractivity contribution in [3.8, 4) is 5.75 Å². The summed E-state index contributed by atoms with van der Waals surface area (Å²) in [6.45, 7) is 4.27. The lowest BCUT2D eigenvalue weighted by atomic mass is 10.1. The number of para-hydroxylation sites is 1. The number of hydrogen-bond acceptors (Lipinski definition) is 6. The van der Waals surface area contributed by atoms with Crippen LogP contribution in [0.1, 0.15) is 5.56 Å². The monoisotopic (exact) mass is 418 g/mol. The molecule has 0 bridgehead atoms. The Morgan fingerprint density at radius 1 is 1.10 bits per heavy atom. The highest BCUT2D eigenvalue weighted by atomic mass is 35.5. The molecule has 1 fully saturated rings. The molecule has 1 aliphatic heterocycles. The first kappa shape index (κ1) is 21.4. The van der Waals surface area contributed by atoms with Crippen LogP contribution in [0.3, 0.4) is 0 Å². The number of methoxy groups -OCH3 is 1. The Balaban J connectivity index is 1.39. The third-order valence-corrected chi connectivity index (χ3v) is 5.30. The summed E-state index contributed by atoms with van der Waals surface area (Å²) in [6.07, 6.45) is -0.337. The van der Waals surface area contributed by atoms with Crippen LogP contribution in [0.25, 0.3) is 0 Å². The Kier molecular flexibility index (Phi) is 7.75. The van der Waals surface area contributed by atoms with Crippen LogP contribution in [-0.4, -0.2) is 68.5 Å². The topological polar surface area (TPSA) is 62.2 Å². The summed E-state index contributed by atoms with van der Waals surface area (Å²) >= 11 is 6.28. The van der Waals surface area contributed by atoms with Crippen LogP contribution in [0, 0.1) is 0 Å². The minimum absolute atomic E-state index is 0.223. The number of anilines is 1. The maximum absolute atomic E-state index is 11.3. The fourth-order valence-corrected chi connectivity index (χ4v) is 3.62. The largest absolute Gasteiger partial charge is 0.491 e. The van der Waals surface area contributed by atoms with Crippen molar-refractivity contribution in [3.05, 3.63) is 59.1 Å². The number of aliphatic hydroxyl groups excluding tert-OH is 1. The molecule has 0 aromatic heterocycles. The van der Waals surface area contributed by atoms with Gasteiger partial charge in [-0.2, -0.15) is 0 Å². The smallest absolute Gasteiger partial charge is 0.309 e. The summed E-state index contributed by atoms with van der Waals surface area (Å²) in [6, 6.07) is 15.1. The van der Waals surface area contributed by atoms with Gasteiger partial charge in [0.1, 0.15) is 18.5 Å². The molecule has 6 nitrogen and oxygen atoms in total. The minimum Gasteiger partial charge on any atom is -0.491 e. The number of nitrogens with zero attached hydrogens (tertiary/aromatic N) is 2. The van der Waals surface area contributed by atoms with E-state index >= 15 is 0 Å². The SMILES string of the molecule is COC(=O)Cc1ccc(OCC(O)CN2CCN(c3ccccc3Cl)CC2)cc1. The lowest BCUT2D eigenvalue weighted by Crippen LogP contribution is -2.49. The van der Waals surface area contributed by atoms with Crippen molar-refractivity contribution in [2.45, 2.75) is 12.5 Å². The molecule has 3 rings (SSSR count). The summed E-state index contributed by atoms with van der Waals surface area (Å²) in [4.78, 5) is 15.8. The Labute approximate surface area is 176 Å². The van der Waals surface area contributed by atoms with Crippen LogP contribution in [-0.2, 0) is 16.0 Å². The summed E-state index contributed by atoms with van der Waals surface area (Å²) < 4.78 is 10.3. The third-order valence-electron chi connectivity index (χ3n) is 4.98. The minimum atomic E-state index is -0.573. The number of aliphatic hydroxyl groups is 1. The molecule has 2 aromatic carbocycles. The number of esters is 1. The number of rotatable bonds is 8. The summed E-state index contributed by atoms with van der Waals surface area (Å²) in [5, 5.41) is 11.1. The molecule has 1 unspecified atom stereocenters. The van der Waals surface area contributed by atoms with E-state index in [1.807, 2.05) is 36.4 Å². The van der Waals surface area contributed by atoms with Gasteiger partial charge in [-0.05, 0) is 29.8 Å². The molecule has 1 atom stereocenters. The van der Waals surface area contributed by atoms with Gasteiger partial charge in [-0.25, -0.2) is 0 Å². The Hall–Kier alpha value is -2.28. The zero-order valence-corrected chi connectivity index (χ0v) is 17.3. The van der Waals surface area contributed by atoms with E-state index in [1.54, 1.807) is 12.1 Å². The van der Waals surface area contributed by atoms with E-state index in [9.17, 15) is 9.90 Å². The van der Waals surface area contributed by atoms with Gasteiger partial charge in [0.05, 0.1) is 24.2 Å². The lowest BCUT2D eigenvalue weighted by Gasteiger charge is -2.37. The second kappa shape index (κ2) is 10.5. The highest BCUT2D eigenvalue weighted by Crippen LogP contribution is 2.26. The Morgan fingerprint density at radius 2 is 1.79 bits per heavy atom. The van der Waals surface area contributed by atoms with E-state index in [0.717, 1.165) is 42.5 Å². The van der Waals surface area contributed by atoms with Gasteiger partial charge in [-0.3, -0.25) is 9.69 Å². The summed E-state index contributed by atoms with van der Waals surface area (Å²) in [5.41, 5.74) is 1.93. The zero-order valence-electron chi connectivity index (χ0n) is 16.6. The maximum Gasteiger partial charge on any atom is 0.309 e. The second-order valence-electron chi connectivity index (χ2n) is 7.10. The van der Waals surface area contributed by atoms with Crippen LogP contribution in [0.15, 0.2) is 48.5 Å². The molecule has 1 N–H and O–H groups in total. The van der Waals surface area contributed by atoms with Crippen molar-refractivity contribution in [1.82, 2.24) is 4.90 Å². The van der Waals surface area contributed by atoms with Crippen LogP contribution in [0.2, 0.25) is 5.02 Å². The molecule has 1 heterocycles. The lowest BCUT2D eigenvalue weighted by molar-refractivity contribution is -0.139. The maximum atomic E-state index is 11.3. The van der Waals surface area contributed by atoms with Crippen LogP contribution >= 0.6 is 11.6 Å². The molecule has 2 aromatic rings. The molecule has 0 spiro atoms. The number of benzene rings is 2. The van der Waals surface area contributed by atoms with E-state index in [1.165, 1.54) is 7.11 Å². The van der Waals surface area contributed by atoms with Crippen molar-refractivity contribution in [2.24, 2.45) is 0 Å². The van der Waals surface area contributed by atoms with Crippen molar-refractivity contribution >= 4 is 23.3 Å². The van der Waals surface area contributed by atoms with Crippen molar-refractivity contribution in [1.29, 1.82) is 0 Å². The Bertz CT molecular complexity index is 792. The van der Waals surface area contributed by atoms with Crippen LogP contribution in [0.4, 0.5) is 5.69 Å². The van der Waals surface area contributed by atoms with E-state index < -0.39 is 6.10 Å². The van der Waals surface area contributed by atoms with E-state index in [4.69, 9.17) is 16.3 Å². The predicted octanol–water partition coefficient (Wildman–Crippen LogP) is 2.62. The molecule has 0 radical (unpaired) electrons. The van der Waals surface area contributed by atoms with E-state index in [0.29, 0.717) is 12.3 Å². The molecule has 156 valence electrons.